The number of nitrogens with one attached hydrogen (secondary N) is 2. The molecule has 220 valence electrons. The van der Waals surface area contributed by atoms with Crippen molar-refractivity contribution in [3.63, 3.8) is 0 Å². The summed E-state index contributed by atoms with van der Waals surface area (Å²) < 4.78 is 16.2. The summed E-state index contributed by atoms with van der Waals surface area (Å²) in [5.41, 5.74) is 1.16. The van der Waals surface area contributed by atoms with Crippen LogP contribution in [-0.2, 0) is 4.79 Å². The van der Waals surface area contributed by atoms with E-state index in [0.717, 1.165) is 63.6 Å². The van der Waals surface area contributed by atoms with Crippen LogP contribution in [0, 0.1) is 16.7 Å². The second kappa shape index (κ2) is 10.3. The Kier molecular flexibility index (Phi) is 6.92. The number of carbonyl (C=O) groups is 2. The first-order chi connectivity index (χ1) is 20.0. The Bertz CT molecular complexity index is 1560. The van der Waals surface area contributed by atoms with Gasteiger partial charge in [-0.3, -0.25) is 14.6 Å². The molecule has 7 rings (SSSR count). The van der Waals surface area contributed by atoms with Gasteiger partial charge in [0.1, 0.15) is 12.2 Å². The topological polar surface area (TPSA) is 136 Å². The van der Waals surface area contributed by atoms with Gasteiger partial charge in [-0.15, -0.1) is 0 Å². The third kappa shape index (κ3) is 4.98. The number of fused-ring (bicyclic) bond motifs is 4. The van der Waals surface area contributed by atoms with E-state index in [1.165, 1.54) is 26.2 Å². The number of aliphatic hydroxyl groups is 1. The fourth-order valence-corrected chi connectivity index (χ4v) is 6.50. The van der Waals surface area contributed by atoms with Crippen LogP contribution < -0.4 is 10.6 Å². The van der Waals surface area contributed by atoms with Gasteiger partial charge in [-0.25, -0.2) is 8.91 Å². The molecule has 10 nitrogen and oxygen atoms in total. The molecular weight excluding hydrogens is 537 g/mol. The van der Waals surface area contributed by atoms with Gasteiger partial charge < -0.3 is 20.6 Å². The third-order valence-corrected chi connectivity index (χ3v) is 9.49. The summed E-state index contributed by atoms with van der Waals surface area (Å²) in [7, 11) is 0. The smallest absolute Gasteiger partial charge is 0.255 e. The van der Waals surface area contributed by atoms with Crippen molar-refractivity contribution < 1.29 is 19.1 Å². The van der Waals surface area contributed by atoms with Gasteiger partial charge in [-0.05, 0) is 83.1 Å². The van der Waals surface area contributed by atoms with Crippen molar-refractivity contribution in [3.8, 4) is 17.5 Å². The zero-order valence-electron chi connectivity index (χ0n) is 24.0. The Labute approximate surface area is 243 Å². The summed E-state index contributed by atoms with van der Waals surface area (Å²) in [6.07, 6.45) is 7.24. The van der Waals surface area contributed by atoms with Crippen LogP contribution in [0.3, 0.4) is 0 Å². The van der Waals surface area contributed by atoms with Crippen LogP contribution in [0.5, 0.6) is 0 Å². The lowest BCUT2D eigenvalue weighted by Gasteiger charge is -2.55. The van der Waals surface area contributed by atoms with E-state index >= 15 is 0 Å². The van der Waals surface area contributed by atoms with E-state index < -0.39 is 17.7 Å². The Hall–Kier alpha value is -4.04. The fourth-order valence-electron chi connectivity index (χ4n) is 6.50. The van der Waals surface area contributed by atoms with Gasteiger partial charge in [0.15, 0.2) is 0 Å². The van der Waals surface area contributed by atoms with Crippen molar-refractivity contribution >= 4 is 23.0 Å². The molecule has 4 fully saturated rings. The molecule has 4 aliphatic rings. The minimum absolute atomic E-state index is 0.274. The molecule has 1 atom stereocenters. The molecular formula is C31H36FN7O3. The Balaban J connectivity index is 1.30. The third-order valence-electron chi connectivity index (χ3n) is 9.49. The monoisotopic (exact) mass is 573 g/mol. The summed E-state index contributed by atoms with van der Waals surface area (Å²) in [6, 6.07) is 9.37. The Morgan fingerprint density at radius 3 is 2.48 bits per heavy atom. The highest BCUT2D eigenvalue weighted by molar-refractivity contribution is 6.00. The van der Waals surface area contributed by atoms with Crippen LogP contribution in [-0.4, -0.2) is 73.4 Å². The number of rotatable bonds is 8. The van der Waals surface area contributed by atoms with Gasteiger partial charge >= 0.3 is 0 Å². The van der Waals surface area contributed by atoms with Crippen molar-refractivity contribution in [1.82, 2.24) is 24.8 Å². The maximum Gasteiger partial charge on any atom is 0.255 e. The molecule has 0 aromatic carbocycles. The zero-order valence-corrected chi connectivity index (χ0v) is 24.0. The Morgan fingerprint density at radius 1 is 1.14 bits per heavy atom. The lowest BCUT2D eigenvalue weighted by molar-refractivity contribution is -0.152. The van der Waals surface area contributed by atoms with E-state index in [0.29, 0.717) is 28.5 Å². The molecule has 3 saturated carbocycles. The van der Waals surface area contributed by atoms with Crippen molar-refractivity contribution in [3.05, 3.63) is 47.8 Å². The lowest BCUT2D eigenvalue weighted by Crippen LogP contribution is -2.58. The van der Waals surface area contributed by atoms with Crippen molar-refractivity contribution in [2.75, 3.05) is 25.0 Å². The second-order valence-electron chi connectivity index (χ2n) is 12.7. The van der Waals surface area contributed by atoms with Gasteiger partial charge in [-0.1, -0.05) is 0 Å². The van der Waals surface area contributed by atoms with E-state index in [4.69, 9.17) is 0 Å². The van der Waals surface area contributed by atoms with E-state index in [-0.39, 0.29) is 23.1 Å². The standard InChI is InChI=1S/C31H36FN7O3/c1-29(2,42)26(32)19-35-27(40)22-18-34-24(25-5-4-21-14-20(16-33)17-36-39(21)25)15-23(22)37-31-9-6-30(7-10-31,8-11-31)28(41)38-12-3-13-38/h4-5,14-15,17-18,26,42H,3,6-13,19H2,1-2H3,(H,34,37)(H,35,40). The molecule has 0 spiro atoms. The van der Waals surface area contributed by atoms with Gasteiger partial charge in [-0.2, -0.15) is 10.4 Å². The summed E-state index contributed by atoms with van der Waals surface area (Å²) in [4.78, 5) is 33.2. The van der Waals surface area contributed by atoms with Crippen LogP contribution in [0.25, 0.3) is 16.9 Å². The number of nitriles is 1. The molecule has 4 heterocycles. The molecule has 2 bridgehead atoms. The van der Waals surface area contributed by atoms with Crippen LogP contribution in [0.4, 0.5) is 10.1 Å². The van der Waals surface area contributed by atoms with E-state index in [2.05, 4.69) is 26.8 Å². The van der Waals surface area contributed by atoms with Crippen LogP contribution in [0.15, 0.2) is 36.7 Å². The highest BCUT2D eigenvalue weighted by Crippen LogP contribution is 2.54. The zero-order chi connectivity index (χ0) is 29.7. The summed E-state index contributed by atoms with van der Waals surface area (Å²) in [5, 5.41) is 29.9. The molecule has 3 aromatic rings. The number of halogens is 1. The molecule has 3 aliphatic carbocycles. The molecule has 1 saturated heterocycles. The number of pyridine rings is 1. The molecule has 11 heteroatoms. The summed E-state index contributed by atoms with van der Waals surface area (Å²) in [5.74, 6) is -0.196. The largest absolute Gasteiger partial charge is 0.387 e. The van der Waals surface area contributed by atoms with Gasteiger partial charge in [0.25, 0.3) is 5.91 Å². The lowest BCUT2D eigenvalue weighted by atomic mass is 9.56. The van der Waals surface area contributed by atoms with Crippen LogP contribution in [0.1, 0.15) is 74.7 Å². The molecule has 3 N–H and O–H groups in total. The highest BCUT2D eigenvalue weighted by Gasteiger charge is 2.54. The molecule has 1 unspecified atom stereocenters. The first-order valence-corrected chi connectivity index (χ1v) is 14.6. The second-order valence-corrected chi connectivity index (χ2v) is 12.7. The number of hydrogen-bond acceptors (Lipinski definition) is 7. The van der Waals surface area contributed by atoms with Gasteiger partial charge in [0.05, 0.1) is 52.1 Å². The fraction of sp³-hybridized carbons (Fsp3) is 0.516. The minimum Gasteiger partial charge on any atom is -0.387 e. The maximum atomic E-state index is 14.5. The first-order valence-electron chi connectivity index (χ1n) is 14.6. The van der Waals surface area contributed by atoms with Crippen molar-refractivity contribution in [2.24, 2.45) is 5.41 Å². The predicted octanol–water partition coefficient (Wildman–Crippen LogP) is 3.84. The molecule has 42 heavy (non-hydrogen) atoms. The number of aromatic nitrogens is 3. The summed E-state index contributed by atoms with van der Waals surface area (Å²) in [6.45, 7) is 4.10. The minimum atomic E-state index is -1.64. The van der Waals surface area contributed by atoms with Gasteiger partial charge in [0, 0.05) is 30.2 Å². The van der Waals surface area contributed by atoms with E-state index in [9.17, 15) is 24.3 Å². The molecule has 1 aliphatic heterocycles. The number of alkyl halides is 1. The number of nitrogens with zero attached hydrogens (tertiary/aromatic N) is 5. The van der Waals surface area contributed by atoms with E-state index in [1.54, 1.807) is 10.6 Å². The quantitative estimate of drug-likeness (QED) is 0.373. The highest BCUT2D eigenvalue weighted by atomic mass is 19.1. The molecule has 2 amide bonds. The van der Waals surface area contributed by atoms with Gasteiger partial charge in [0.2, 0.25) is 5.91 Å². The Morgan fingerprint density at radius 2 is 1.86 bits per heavy atom. The average Bonchev–Trinajstić information content (AvgIpc) is 3.38. The molecule has 3 aromatic heterocycles. The number of anilines is 1. The van der Waals surface area contributed by atoms with Crippen molar-refractivity contribution in [1.29, 1.82) is 5.26 Å². The number of likely N-dealkylation sites (tertiary alicyclic amines) is 1. The number of amides is 2. The SMILES string of the molecule is CC(C)(O)C(F)CNC(=O)c1cnc(-c2ccc3cc(C#N)cnn23)cc1NC12CCC(C(=O)N3CCC3)(CC1)CC2. The number of carbonyl (C=O) groups excluding carboxylic acids is 2. The van der Waals surface area contributed by atoms with Crippen molar-refractivity contribution in [2.45, 2.75) is 76.1 Å². The maximum absolute atomic E-state index is 14.5. The molecule has 0 radical (unpaired) electrons. The predicted molar refractivity (Wildman–Crippen MR) is 154 cm³/mol. The van der Waals surface area contributed by atoms with Crippen LogP contribution >= 0.6 is 0 Å². The van der Waals surface area contributed by atoms with E-state index in [1.807, 2.05) is 23.1 Å². The van der Waals surface area contributed by atoms with Crippen LogP contribution in [0.2, 0.25) is 0 Å². The normalized spacial score (nSPS) is 24.1. The number of hydrogen-bond donors (Lipinski definition) is 3. The summed E-state index contributed by atoms with van der Waals surface area (Å²) >= 11 is 0. The first kappa shape index (κ1) is 28.1. The average molecular weight is 574 g/mol.